The van der Waals surface area contributed by atoms with Crippen LogP contribution in [0.5, 0.6) is 0 Å². The third kappa shape index (κ3) is 3.74. The summed E-state index contributed by atoms with van der Waals surface area (Å²) in [5.74, 6) is -1.30. The van der Waals surface area contributed by atoms with Crippen LogP contribution in [0.1, 0.15) is 0 Å². The molecule has 6 nitrogen and oxygen atoms in total. The molecule has 5 rings (SSSR count). The fraction of sp³-hybridized carbons (Fsp3) is 0.0417. The third-order valence-electron chi connectivity index (χ3n) is 4.98. The van der Waals surface area contributed by atoms with Crippen LogP contribution in [0.4, 0.5) is 14.5 Å². The third-order valence-corrected chi connectivity index (χ3v) is 4.98. The number of hydrogen-bond donors (Lipinski definition) is 1. The van der Waals surface area contributed by atoms with Crippen molar-refractivity contribution < 1.29 is 18.0 Å². The average molecular weight is 430 g/mol. The minimum atomic E-state index is -0.837. The minimum Gasteiger partial charge on any atom is -0.416 e. The number of nitrogens with one attached hydrogen (secondary N) is 1. The molecule has 5 aromatic rings. The quantitative estimate of drug-likeness (QED) is 0.412. The van der Waals surface area contributed by atoms with Gasteiger partial charge in [-0.2, -0.15) is 0 Å². The number of amides is 1. The molecule has 3 aromatic carbocycles. The fourth-order valence-corrected chi connectivity index (χ4v) is 3.51. The van der Waals surface area contributed by atoms with E-state index in [4.69, 9.17) is 4.42 Å². The number of para-hydroxylation sites is 1. The summed E-state index contributed by atoms with van der Waals surface area (Å²) >= 11 is 0. The van der Waals surface area contributed by atoms with Crippen molar-refractivity contribution >= 4 is 22.5 Å². The number of halogens is 2. The van der Waals surface area contributed by atoms with Gasteiger partial charge in [-0.05, 0) is 30.3 Å². The second-order valence-electron chi connectivity index (χ2n) is 7.14. The van der Waals surface area contributed by atoms with E-state index in [0.29, 0.717) is 17.3 Å². The molecule has 0 aliphatic heterocycles. The van der Waals surface area contributed by atoms with Crippen molar-refractivity contribution in [3.8, 4) is 22.9 Å². The SMILES string of the molecule is O=C(Cn1cc(-c2nnc(-c3ccccc3)o2)c2ccccc21)Nc1ccc(F)cc1F. The maximum absolute atomic E-state index is 13.9. The lowest BCUT2D eigenvalue weighted by Crippen LogP contribution is -2.19. The molecular formula is C24H16F2N4O2. The highest BCUT2D eigenvalue weighted by atomic mass is 19.1. The van der Waals surface area contributed by atoms with Gasteiger partial charge in [0.25, 0.3) is 0 Å². The first kappa shape index (κ1) is 19.6. The first-order chi connectivity index (χ1) is 15.6. The summed E-state index contributed by atoms with van der Waals surface area (Å²) in [6, 6.07) is 19.9. The van der Waals surface area contributed by atoms with Crippen LogP contribution in [-0.2, 0) is 11.3 Å². The van der Waals surface area contributed by atoms with E-state index < -0.39 is 17.5 Å². The van der Waals surface area contributed by atoms with E-state index in [2.05, 4.69) is 15.5 Å². The topological polar surface area (TPSA) is 73.0 Å². The van der Waals surface area contributed by atoms with E-state index in [-0.39, 0.29) is 12.2 Å². The summed E-state index contributed by atoms with van der Waals surface area (Å²) in [7, 11) is 0. The van der Waals surface area contributed by atoms with Gasteiger partial charge in [-0.15, -0.1) is 10.2 Å². The van der Waals surface area contributed by atoms with E-state index in [9.17, 15) is 13.6 Å². The van der Waals surface area contributed by atoms with Gasteiger partial charge >= 0.3 is 0 Å². The Morgan fingerprint density at radius 1 is 0.938 bits per heavy atom. The molecule has 1 N–H and O–H groups in total. The molecular weight excluding hydrogens is 414 g/mol. The number of carbonyl (C=O) groups is 1. The van der Waals surface area contributed by atoms with Gasteiger partial charge in [-0.3, -0.25) is 4.79 Å². The number of aromatic nitrogens is 3. The molecule has 0 radical (unpaired) electrons. The lowest BCUT2D eigenvalue weighted by Gasteiger charge is -2.08. The van der Waals surface area contributed by atoms with Gasteiger partial charge in [0.15, 0.2) is 0 Å². The molecule has 32 heavy (non-hydrogen) atoms. The van der Waals surface area contributed by atoms with Crippen LogP contribution in [0.15, 0.2) is 83.4 Å². The Bertz CT molecular complexity index is 1430. The van der Waals surface area contributed by atoms with Crippen LogP contribution in [0, 0.1) is 11.6 Å². The Balaban J connectivity index is 1.46. The largest absolute Gasteiger partial charge is 0.416 e. The van der Waals surface area contributed by atoms with E-state index in [1.807, 2.05) is 54.6 Å². The molecule has 0 aliphatic rings. The van der Waals surface area contributed by atoms with Crippen molar-refractivity contribution in [2.24, 2.45) is 0 Å². The van der Waals surface area contributed by atoms with Gasteiger partial charge < -0.3 is 14.3 Å². The molecule has 1 amide bonds. The first-order valence-corrected chi connectivity index (χ1v) is 9.80. The van der Waals surface area contributed by atoms with Gasteiger partial charge in [0.2, 0.25) is 17.7 Å². The Labute approximate surface area is 181 Å². The summed E-state index contributed by atoms with van der Waals surface area (Å²) in [6.45, 7) is -0.0863. The van der Waals surface area contributed by atoms with Crippen LogP contribution in [-0.4, -0.2) is 20.7 Å². The van der Waals surface area contributed by atoms with Gasteiger partial charge in [0, 0.05) is 28.7 Å². The number of hydrogen-bond acceptors (Lipinski definition) is 4. The highest BCUT2D eigenvalue weighted by molar-refractivity contribution is 5.96. The standard InChI is InChI=1S/C24H16F2N4O2/c25-16-10-11-20(19(26)12-16)27-22(31)14-30-13-18(17-8-4-5-9-21(17)30)24-29-28-23(32-24)15-6-2-1-3-7-15/h1-13H,14H2,(H,27,31). The molecule has 0 fully saturated rings. The molecule has 0 saturated carbocycles. The lowest BCUT2D eigenvalue weighted by atomic mass is 10.2. The number of carbonyl (C=O) groups excluding carboxylic acids is 1. The zero-order valence-corrected chi connectivity index (χ0v) is 16.6. The van der Waals surface area contributed by atoms with E-state index in [1.54, 1.807) is 10.8 Å². The first-order valence-electron chi connectivity index (χ1n) is 9.80. The highest BCUT2D eigenvalue weighted by Crippen LogP contribution is 2.31. The van der Waals surface area contributed by atoms with Gasteiger partial charge in [-0.25, -0.2) is 8.78 Å². The van der Waals surface area contributed by atoms with Crippen LogP contribution >= 0.6 is 0 Å². The van der Waals surface area contributed by atoms with Crippen molar-refractivity contribution in [1.82, 2.24) is 14.8 Å². The number of benzene rings is 3. The Hall–Kier alpha value is -4.33. The Morgan fingerprint density at radius 3 is 2.50 bits per heavy atom. The maximum Gasteiger partial charge on any atom is 0.250 e. The fourth-order valence-electron chi connectivity index (χ4n) is 3.51. The van der Waals surface area contributed by atoms with Gasteiger partial charge in [0.1, 0.15) is 18.2 Å². The van der Waals surface area contributed by atoms with E-state index >= 15 is 0 Å². The van der Waals surface area contributed by atoms with Crippen molar-refractivity contribution in [3.05, 3.63) is 90.6 Å². The number of nitrogens with zero attached hydrogens (tertiary/aromatic N) is 3. The van der Waals surface area contributed by atoms with Crippen LogP contribution in [0.2, 0.25) is 0 Å². The Morgan fingerprint density at radius 2 is 1.69 bits per heavy atom. The summed E-state index contributed by atoms with van der Waals surface area (Å²) < 4.78 is 34.6. The predicted molar refractivity (Wildman–Crippen MR) is 116 cm³/mol. The Kier molecular flexibility index (Phi) is 4.95. The van der Waals surface area contributed by atoms with E-state index in [1.165, 1.54) is 6.07 Å². The molecule has 0 atom stereocenters. The summed E-state index contributed by atoms with van der Waals surface area (Å²) in [6.07, 6.45) is 1.74. The van der Waals surface area contributed by atoms with Crippen molar-refractivity contribution in [2.75, 3.05) is 5.32 Å². The maximum atomic E-state index is 13.9. The number of fused-ring (bicyclic) bond motifs is 1. The summed E-state index contributed by atoms with van der Waals surface area (Å²) in [5.41, 5.74) is 2.17. The van der Waals surface area contributed by atoms with Crippen molar-refractivity contribution in [2.45, 2.75) is 6.54 Å². The summed E-state index contributed by atoms with van der Waals surface area (Å²) in [4.78, 5) is 12.6. The lowest BCUT2D eigenvalue weighted by molar-refractivity contribution is -0.116. The highest BCUT2D eigenvalue weighted by Gasteiger charge is 2.18. The molecule has 0 aliphatic carbocycles. The predicted octanol–water partition coefficient (Wildman–Crippen LogP) is 5.28. The summed E-state index contributed by atoms with van der Waals surface area (Å²) in [5, 5.41) is 11.6. The minimum absolute atomic E-state index is 0.0857. The molecule has 0 saturated heterocycles. The van der Waals surface area contributed by atoms with Crippen LogP contribution in [0.25, 0.3) is 33.8 Å². The zero-order chi connectivity index (χ0) is 22.1. The molecule has 2 heterocycles. The molecule has 8 heteroatoms. The number of anilines is 1. The molecule has 0 bridgehead atoms. The van der Waals surface area contributed by atoms with E-state index in [0.717, 1.165) is 28.6 Å². The molecule has 0 unspecified atom stereocenters. The van der Waals surface area contributed by atoms with Crippen LogP contribution in [0.3, 0.4) is 0 Å². The second-order valence-corrected chi connectivity index (χ2v) is 7.14. The van der Waals surface area contributed by atoms with Gasteiger partial charge in [0.05, 0.1) is 11.3 Å². The number of rotatable bonds is 5. The average Bonchev–Trinajstić information content (AvgIpc) is 3.42. The zero-order valence-electron chi connectivity index (χ0n) is 16.6. The molecule has 0 spiro atoms. The second kappa shape index (κ2) is 8.07. The van der Waals surface area contributed by atoms with Crippen molar-refractivity contribution in [1.29, 1.82) is 0 Å². The van der Waals surface area contributed by atoms with Crippen LogP contribution < -0.4 is 5.32 Å². The monoisotopic (exact) mass is 430 g/mol. The van der Waals surface area contributed by atoms with Gasteiger partial charge in [-0.1, -0.05) is 36.4 Å². The normalized spacial score (nSPS) is 11.1. The molecule has 158 valence electrons. The molecule has 2 aromatic heterocycles. The van der Waals surface area contributed by atoms with Crippen molar-refractivity contribution in [3.63, 3.8) is 0 Å². The smallest absolute Gasteiger partial charge is 0.250 e.